The van der Waals surface area contributed by atoms with Gasteiger partial charge in [-0.3, -0.25) is 14.9 Å². The third-order valence-corrected chi connectivity index (χ3v) is 7.04. The highest BCUT2D eigenvalue weighted by molar-refractivity contribution is 6.09. The molecule has 8 nitrogen and oxygen atoms in total. The molecule has 4 N–H and O–H groups in total. The third kappa shape index (κ3) is 8.12. The van der Waals surface area contributed by atoms with Gasteiger partial charge in [-0.15, -0.1) is 0 Å². The van der Waals surface area contributed by atoms with E-state index in [1.165, 1.54) is 0 Å². The van der Waals surface area contributed by atoms with Crippen molar-refractivity contribution in [1.82, 2.24) is 5.32 Å². The molecule has 0 spiro atoms. The molecule has 1 aliphatic carbocycles. The van der Waals surface area contributed by atoms with Crippen LogP contribution in [0.5, 0.6) is 5.75 Å². The number of carbonyl (C=O) groups excluding carboxylic acids is 3. The van der Waals surface area contributed by atoms with Crippen LogP contribution in [0.15, 0.2) is 91.0 Å². The summed E-state index contributed by atoms with van der Waals surface area (Å²) in [5.74, 6) is 6.07. The molecule has 0 atom stereocenters. The van der Waals surface area contributed by atoms with Crippen LogP contribution < -0.4 is 21.1 Å². The highest BCUT2D eigenvalue weighted by Gasteiger charge is 2.24. The first-order valence-corrected chi connectivity index (χ1v) is 14.4. The molecule has 4 aromatic rings. The number of hydrogen-bond acceptors (Lipinski definition) is 6. The van der Waals surface area contributed by atoms with Crippen molar-refractivity contribution in [2.75, 3.05) is 25.1 Å². The zero-order chi connectivity index (χ0) is 30.9. The van der Waals surface area contributed by atoms with Gasteiger partial charge in [0.15, 0.2) is 5.78 Å². The molecule has 0 radical (unpaired) electrons. The van der Waals surface area contributed by atoms with Crippen LogP contribution in [0.1, 0.15) is 50.2 Å². The van der Waals surface area contributed by atoms with Crippen LogP contribution in [0.3, 0.4) is 0 Å². The van der Waals surface area contributed by atoms with Gasteiger partial charge in [-0.25, -0.2) is 4.79 Å². The highest BCUT2D eigenvalue weighted by Crippen LogP contribution is 2.27. The first kappa shape index (κ1) is 30.1. The summed E-state index contributed by atoms with van der Waals surface area (Å²) in [5, 5.41) is 5.67. The molecule has 4 aromatic carbocycles. The van der Waals surface area contributed by atoms with Crippen LogP contribution in [0, 0.1) is 18.8 Å². The van der Waals surface area contributed by atoms with Gasteiger partial charge in [0, 0.05) is 34.0 Å². The molecule has 1 saturated carbocycles. The van der Waals surface area contributed by atoms with Crippen molar-refractivity contribution < 1.29 is 23.9 Å². The summed E-state index contributed by atoms with van der Waals surface area (Å²) in [6, 6.07) is 27.2. The minimum absolute atomic E-state index is 0.0481. The van der Waals surface area contributed by atoms with Crippen LogP contribution >= 0.6 is 0 Å². The van der Waals surface area contributed by atoms with E-state index in [0.717, 1.165) is 35.1 Å². The zero-order valence-electron chi connectivity index (χ0n) is 24.4. The minimum atomic E-state index is -0.594. The zero-order valence-corrected chi connectivity index (χ0v) is 24.4. The Morgan fingerprint density at radius 3 is 2.16 bits per heavy atom. The predicted molar refractivity (Wildman–Crippen MR) is 170 cm³/mol. The Hall–Kier alpha value is -5.39. The van der Waals surface area contributed by atoms with E-state index in [2.05, 4.69) is 22.5 Å². The molecular weight excluding hydrogens is 554 g/mol. The number of nitrogens with one attached hydrogen (secondary N) is 2. The van der Waals surface area contributed by atoms with Crippen LogP contribution in [0.2, 0.25) is 0 Å². The topological polar surface area (TPSA) is 120 Å². The Balaban J connectivity index is 1.10. The van der Waals surface area contributed by atoms with Crippen LogP contribution in [0.25, 0.3) is 11.1 Å². The number of hydrogen-bond donors (Lipinski definition) is 3. The number of ketones is 1. The minimum Gasteiger partial charge on any atom is -0.490 e. The molecule has 0 aromatic heterocycles. The van der Waals surface area contributed by atoms with Gasteiger partial charge in [-0.1, -0.05) is 42.2 Å². The lowest BCUT2D eigenvalue weighted by Gasteiger charge is -2.11. The average molecular weight is 588 g/mol. The van der Waals surface area contributed by atoms with Crippen molar-refractivity contribution in [1.29, 1.82) is 0 Å². The fourth-order valence-electron chi connectivity index (χ4n) is 4.48. The Morgan fingerprint density at radius 2 is 1.50 bits per heavy atom. The molecule has 1 aliphatic rings. The Bertz CT molecular complexity index is 1700. The highest BCUT2D eigenvalue weighted by atomic mass is 16.6. The Morgan fingerprint density at radius 1 is 0.841 bits per heavy atom. The molecule has 8 heteroatoms. The van der Waals surface area contributed by atoms with Crippen molar-refractivity contribution in [2.24, 2.45) is 5.73 Å². The van der Waals surface area contributed by atoms with Crippen LogP contribution in [-0.2, 0) is 4.74 Å². The fraction of sp³-hybridized carbons (Fsp3) is 0.194. The lowest BCUT2D eigenvalue weighted by atomic mass is 9.95. The van der Waals surface area contributed by atoms with Gasteiger partial charge in [-0.2, -0.15) is 0 Å². The number of benzene rings is 4. The fourth-order valence-corrected chi connectivity index (χ4v) is 4.48. The van der Waals surface area contributed by atoms with Gasteiger partial charge in [0.25, 0.3) is 5.91 Å². The van der Waals surface area contributed by atoms with Crippen LogP contribution in [0.4, 0.5) is 10.5 Å². The number of carbonyl (C=O) groups is 3. The molecular formula is C36H33N3O5. The van der Waals surface area contributed by atoms with Gasteiger partial charge >= 0.3 is 6.09 Å². The van der Waals surface area contributed by atoms with Crippen molar-refractivity contribution in [3.8, 4) is 28.7 Å². The van der Waals surface area contributed by atoms with Crippen molar-refractivity contribution in [3.05, 3.63) is 119 Å². The van der Waals surface area contributed by atoms with E-state index in [-0.39, 0.29) is 31.4 Å². The first-order chi connectivity index (χ1) is 21.4. The van der Waals surface area contributed by atoms with E-state index >= 15 is 0 Å². The summed E-state index contributed by atoms with van der Waals surface area (Å²) >= 11 is 0. The lowest BCUT2D eigenvalue weighted by Crippen LogP contribution is -2.25. The number of rotatable bonds is 10. The van der Waals surface area contributed by atoms with E-state index in [4.69, 9.17) is 15.2 Å². The monoisotopic (exact) mass is 587 g/mol. The summed E-state index contributed by atoms with van der Waals surface area (Å²) < 4.78 is 10.8. The number of ether oxygens (including phenoxy) is 2. The second kappa shape index (κ2) is 14.2. The van der Waals surface area contributed by atoms with Gasteiger partial charge in [0.2, 0.25) is 0 Å². The van der Waals surface area contributed by atoms with Crippen LogP contribution in [-0.4, -0.2) is 43.6 Å². The molecule has 0 heterocycles. The summed E-state index contributed by atoms with van der Waals surface area (Å²) in [4.78, 5) is 37.7. The molecule has 0 aliphatic heterocycles. The SMILES string of the molecule is Cc1ccc(C(=O)NC2CC2)cc1-c1ccc(C(=O)c2ccc(OCCOC(=O)Nc3ccc(C#CCN)cc3)cc2)cc1. The predicted octanol–water partition coefficient (Wildman–Crippen LogP) is 5.72. The van der Waals surface area contributed by atoms with E-state index in [1.54, 1.807) is 60.7 Å². The lowest BCUT2D eigenvalue weighted by molar-refractivity contribution is 0.0950. The summed E-state index contributed by atoms with van der Waals surface area (Å²) in [6.07, 6.45) is 1.48. The van der Waals surface area contributed by atoms with E-state index in [0.29, 0.717) is 34.2 Å². The number of amides is 2. The Kier molecular flexibility index (Phi) is 9.70. The maximum absolute atomic E-state index is 13.1. The quantitative estimate of drug-likeness (QED) is 0.124. The molecule has 2 amide bonds. The molecule has 222 valence electrons. The van der Waals surface area contributed by atoms with Crippen molar-refractivity contribution in [3.63, 3.8) is 0 Å². The standard InChI is InChI=1S/C36H33N3O5/c1-24-4-7-29(35(41)38-30-16-17-30)23-33(24)26-8-10-27(11-9-26)34(40)28-12-18-32(19-13-28)43-21-22-44-36(42)39-31-14-5-25(6-15-31)3-2-20-37/h4-15,18-19,23,30H,16-17,20-22,37H2,1H3,(H,38,41)(H,39,42). The summed E-state index contributed by atoms with van der Waals surface area (Å²) in [6.45, 7) is 2.49. The molecule has 0 saturated heterocycles. The molecule has 44 heavy (non-hydrogen) atoms. The Labute approximate surface area is 256 Å². The average Bonchev–Trinajstić information content (AvgIpc) is 3.87. The van der Waals surface area contributed by atoms with Gasteiger partial charge in [-0.05, 0) is 97.1 Å². The maximum atomic E-state index is 13.1. The molecule has 0 unspecified atom stereocenters. The van der Waals surface area contributed by atoms with E-state index in [1.807, 2.05) is 37.3 Å². The third-order valence-electron chi connectivity index (χ3n) is 7.04. The number of nitrogens with two attached hydrogens (primary N) is 1. The van der Waals surface area contributed by atoms with E-state index in [9.17, 15) is 14.4 Å². The largest absolute Gasteiger partial charge is 0.490 e. The first-order valence-electron chi connectivity index (χ1n) is 14.4. The summed E-state index contributed by atoms with van der Waals surface area (Å²) in [7, 11) is 0. The molecule has 0 bridgehead atoms. The second-order valence-electron chi connectivity index (χ2n) is 10.4. The van der Waals surface area contributed by atoms with Gasteiger partial charge in [0.1, 0.15) is 19.0 Å². The number of anilines is 1. The second-order valence-corrected chi connectivity index (χ2v) is 10.4. The summed E-state index contributed by atoms with van der Waals surface area (Å²) in [5.41, 5.74) is 11.4. The molecule has 5 rings (SSSR count). The van der Waals surface area contributed by atoms with E-state index < -0.39 is 6.09 Å². The maximum Gasteiger partial charge on any atom is 0.411 e. The smallest absolute Gasteiger partial charge is 0.411 e. The van der Waals surface area contributed by atoms with Gasteiger partial charge in [0.05, 0.1) is 6.54 Å². The molecule has 1 fully saturated rings. The normalized spacial score (nSPS) is 12.0. The van der Waals surface area contributed by atoms with Crippen molar-refractivity contribution in [2.45, 2.75) is 25.8 Å². The van der Waals surface area contributed by atoms with Gasteiger partial charge < -0.3 is 20.5 Å². The van der Waals surface area contributed by atoms with Crippen molar-refractivity contribution >= 4 is 23.5 Å². The number of aryl methyl sites for hydroxylation is 1.